The zero-order chi connectivity index (χ0) is 20.8. The number of nitrogens with zero attached hydrogens (tertiary/aromatic N) is 4. The first-order valence-electron chi connectivity index (χ1n) is 10.2. The molecule has 154 valence electrons. The van der Waals surface area contributed by atoms with E-state index in [2.05, 4.69) is 45.4 Å². The Labute approximate surface area is 181 Å². The number of nitrogens with one attached hydrogen (secondary N) is 1. The number of aliphatic imine (C=N–C) groups is 1. The van der Waals surface area contributed by atoms with Gasteiger partial charge in [0, 0.05) is 25.7 Å². The van der Waals surface area contributed by atoms with Crippen LogP contribution in [0, 0.1) is 5.92 Å². The van der Waals surface area contributed by atoms with Crippen LogP contribution in [0.2, 0.25) is 5.02 Å². The van der Waals surface area contributed by atoms with E-state index < -0.39 is 0 Å². The molecule has 7 heteroatoms. The molecule has 3 aliphatic rings. The summed E-state index contributed by atoms with van der Waals surface area (Å²) in [7, 11) is 3.87. The topological polar surface area (TPSA) is 62.6 Å². The average Bonchev–Trinajstić information content (AvgIpc) is 3.33. The van der Waals surface area contributed by atoms with E-state index in [1.165, 1.54) is 29.6 Å². The molecule has 2 aromatic rings. The smallest absolute Gasteiger partial charge is 0.325 e. The van der Waals surface area contributed by atoms with Gasteiger partial charge in [-0.1, -0.05) is 29.3 Å². The lowest BCUT2D eigenvalue weighted by Crippen LogP contribution is -2.14. The van der Waals surface area contributed by atoms with Crippen LogP contribution in [0.5, 0.6) is 11.8 Å². The SMILES string of the molecule is CC1=Cc2c(ccc(Oc3nc(NC4=NCC(C5CC5)=C4)cc(N(C)C)n3)c2Cl)C1. The van der Waals surface area contributed by atoms with E-state index in [0.717, 1.165) is 30.2 Å². The molecule has 1 aromatic heterocycles. The van der Waals surface area contributed by atoms with Crippen LogP contribution in [0.25, 0.3) is 6.08 Å². The predicted molar refractivity (Wildman–Crippen MR) is 122 cm³/mol. The van der Waals surface area contributed by atoms with E-state index in [-0.39, 0.29) is 6.01 Å². The second-order valence-corrected chi connectivity index (χ2v) is 8.71. The summed E-state index contributed by atoms with van der Waals surface area (Å²) in [6.45, 7) is 2.88. The lowest BCUT2D eigenvalue weighted by Gasteiger charge is -2.15. The first-order chi connectivity index (χ1) is 14.5. The molecule has 2 heterocycles. The van der Waals surface area contributed by atoms with Crippen molar-refractivity contribution in [1.82, 2.24) is 9.97 Å². The Morgan fingerprint density at radius 3 is 2.77 bits per heavy atom. The summed E-state index contributed by atoms with van der Waals surface area (Å²) >= 11 is 6.62. The molecule has 0 bridgehead atoms. The van der Waals surface area contributed by atoms with Crippen LogP contribution in [0.15, 0.2) is 40.4 Å². The van der Waals surface area contributed by atoms with E-state index in [1.807, 2.05) is 31.1 Å². The summed E-state index contributed by atoms with van der Waals surface area (Å²) in [5, 5.41) is 3.90. The second kappa shape index (κ2) is 7.43. The summed E-state index contributed by atoms with van der Waals surface area (Å²) in [5.41, 5.74) is 4.93. The quantitative estimate of drug-likeness (QED) is 0.726. The maximum Gasteiger partial charge on any atom is 0.325 e. The van der Waals surface area contributed by atoms with Crippen LogP contribution in [0.3, 0.4) is 0 Å². The minimum atomic E-state index is 0.245. The Kier molecular flexibility index (Phi) is 4.74. The second-order valence-electron chi connectivity index (χ2n) is 8.33. The van der Waals surface area contributed by atoms with Crippen molar-refractivity contribution in [3.63, 3.8) is 0 Å². The number of fused-ring (bicyclic) bond motifs is 1. The van der Waals surface area contributed by atoms with Gasteiger partial charge in [-0.3, -0.25) is 4.99 Å². The van der Waals surface area contributed by atoms with Crippen molar-refractivity contribution in [2.24, 2.45) is 10.9 Å². The van der Waals surface area contributed by atoms with Gasteiger partial charge in [0.25, 0.3) is 0 Å². The van der Waals surface area contributed by atoms with Crippen LogP contribution in [-0.4, -0.2) is 36.4 Å². The van der Waals surface area contributed by atoms with Gasteiger partial charge >= 0.3 is 6.01 Å². The van der Waals surface area contributed by atoms with Crippen LogP contribution < -0.4 is 15.0 Å². The number of amidine groups is 1. The molecule has 0 unspecified atom stereocenters. The largest absolute Gasteiger partial charge is 0.423 e. The number of hydrogen-bond donors (Lipinski definition) is 1. The highest BCUT2D eigenvalue weighted by atomic mass is 35.5. The normalized spacial score (nSPS) is 17.3. The van der Waals surface area contributed by atoms with Crippen molar-refractivity contribution in [2.75, 3.05) is 30.9 Å². The van der Waals surface area contributed by atoms with Gasteiger partial charge in [0.05, 0.1) is 11.6 Å². The van der Waals surface area contributed by atoms with Crippen molar-refractivity contribution >= 4 is 35.1 Å². The Bertz CT molecular complexity index is 1110. The van der Waals surface area contributed by atoms with Gasteiger partial charge in [-0.05, 0) is 55.4 Å². The first kappa shape index (κ1) is 19.1. The van der Waals surface area contributed by atoms with Crippen molar-refractivity contribution in [3.8, 4) is 11.8 Å². The molecule has 1 fully saturated rings. The number of hydrogen-bond acceptors (Lipinski definition) is 6. The molecule has 1 N–H and O–H groups in total. The van der Waals surface area contributed by atoms with Crippen molar-refractivity contribution < 1.29 is 4.74 Å². The molecule has 0 radical (unpaired) electrons. The number of benzene rings is 1. The highest BCUT2D eigenvalue weighted by molar-refractivity contribution is 6.33. The predicted octanol–water partition coefficient (Wildman–Crippen LogP) is 5.11. The molecule has 30 heavy (non-hydrogen) atoms. The Morgan fingerprint density at radius 1 is 1.17 bits per heavy atom. The standard InChI is InChI=1S/C23H24ClN5O/c1-13-8-15-6-7-18(22(24)17(15)9-13)30-23-27-20(11-21(28-23)29(2)3)26-19-10-16(12-25-19)14-4-5-14/h6-7,9-11,14H,4-5,8,12H2,1-3H3,(H,25,26,27,28). The number of rotatable bonds is 5. The highest BCUT2D eigenvalue weighted by Crippen LogP contribution is 2.39. The maximum atomic E-state index is 6.62. The molecule has 0 atom stereocenters. The number of aromatic nitrogens is 2. The van der Waals surface area contributed by atoms with E-state index in [1.54, 1.807) is 0 Å². The third-order valence-electron chi connectivity index (χ3n) is 5.56. The van der Waals surface area contributed by atoms with E-state index in [4.69, 9.17) is 16.3 Å². The molecular weight excluding hydrogens is 398 g/mol. The van der Waals surface area contributed by atoms with Crippen LogP contribution in [-0.2, 0) is 6.42 Å². The fourth-order valence-corrected chi connectivity index (χ4v) is 4.08. The van der Waals surface area contributed by atoms with Crippen LogP contribution >= 0.6 is 11.6 Å². The summed E-state index contributed by atoms with van der Waals surface area (Å²) in [5.74, 6) is 3.48. The Balaban J connectivity index is 1.42. The summed E-state index contributed by atoms with van der Waals surface area (Å²) in [6.07, 6.45) is 7.73. The summed E-state index contributed by atoms with van der Waals surface area (Å²) in [6, 6.07) is 6.07. The summed E-state index contributed by atoms with van der Waals surface area (Å²) in [4.78, 5) is 15.6. The average molecular weight is 422 g/mol. The highest BCUT2D eigenvalue weighted by Gasteiger charge is 2.28. The zero-order valence-corrected chi connectivity index (χ0v) is 18.1. The minimum Gasteiger partial charge on any atom is -0.423 e. The maximum absolute atomic E-state index is 6.62. The molecule has 1 saturated carbocycles. The lowest BCUT2D eigenvalue weighted by atomic mass is 10.1. The molecule has 0 spiro atoms. The zero-order valence-electron chi connectivity index (χ0n) is 17.4. The lowest BCUT2D eigenvalue weighted by molar-refractivity contribution is 0.443. The third-order valence-corrected chi connectivity index (χ3v) is 5.95. The monoisotopic (exact) mass is 421 g/mol. The molecular formula is C23H24ClN5O. The van der Waals surface area contributed by atoms with Gasteiger partial charge in [-0.25, -0.2) is 0 Å². The van der Waals surface area contributed by atoms with Crippen molar-refractivity contribution in [3.05, 3.63) is 51.6 Å². The first-order valence-corrected chi connectivity index (χ1v) is 10.6. The molecule has 0 amide bonds. The third kappa shape index (κ3) is 3.79. The number of halogens is 1. The van der Waals surface area contributed by atoms with Gasteiger partial charge in [0.1, 0.15) is 23.2 Å². The van der Waals surface area contributed by atoms with Crippen LogP contribution in [0.1, 0.15) is 30.9 Å². The van der Waals surface area contributed by atoms with Gasteiger partial charge in [-0.15, -0.1) is 0 Å². The van der Waals surface area contributed by atoms with Crippen molar-refractivity contribution in [1.29, 1.82) is 0 Å². The molecule has 1 aliphatic heterocycles. The number of ether oxygens (including phenoxy) is 1. The molecule has 0 saturated heterocycles. The Morgan fingerprint density at radius 2 is 2.00 bits per heavy atom. The molecule has 6 nitrogen and oxygen atoms in total. The summed E-state index contributed by atoms with van der Waals surface area (Å²) < 4.78 is 6.03. The van der Waals surface area contributed by atoms with Crippen LogP contribution in [0.4, 0.5) is 11.6 Å². The van der Waals surface area contributed by atoms with E-state index >= 15 is 0 Å². The number of anilines is 2. The van der Waals surface area contributed by atoms with Crippen molar-refractivity contribution in [2.45, 2.75) is 26.2 Å². The van der Waals surface area contributed by atoms with Gasteiger partial charge in [0.2, 0.25) is 0 Å². The molecule has 1 aromatic carbocycles. The van der Waals surface area contributed by atoms with Gasteiger partial charge in [0.15, 0.2) is 0 Å². The van der Waals surface area contributed by atoms with Gasteiger partial charge in [-0.2, -0.15) is 9.97 Å². The molecule has 5 rings (SSSR count). The number of allylic oxidation sites excluding steroid dienone is 1. The Hall–Kier alpha value is -2.86. The minimum absolute atomic E-state index is 0.245. The fourth-order valence-electron chi connectivity index (χ4n) is 3.80. The molecule has 2 aliphatic carbocycles. The van der Waals surface area contributed by atoms with E-state index in [9.17, 15) is 0 Å². The fraction of sp³-hybridized carbons (Fsp3) is 0.348. The van der Waals surface area contributed by atoms with Gasteiger partial charge < -0.3 is 15.0 Å². The van der Waals surface area contributed by atoms with E-state index in [0.29, 0.717) is 22.5 Å².